The first-order chi connectivity index (χ1) is 26.5. The third kappa shape index (κ3) is 6.26. The van der Waals surface area contributed by atoms with Crippen LogP contribution in [-0.2, 0) is 23.7 Å². The van der Waals surface area contributed by atoms with Gasteiger partial charge in [-0.05, 0) is 90.3 Å². The monoisotopic (exact) mass is 812 g/mol. The number of fused-ring (bicyclic) bond motifs is 7. The molecule has 0 aromatic rings. The van der Waals surface area contributed by atoms with Crippen LogP contribution in [0.4, 0.5) is 0 Å². The van der Waals surface area contributed by atoms with Crippen molar-refractivity contribution in [1.29, 1.82) is 0 Å². The molecule has 2 aliphatic heterocycles. The molecule has 0 spiro atoms. The molecule has 7 rings (SSSR count). The van der Waals surface area contributed by atoms with Crippen LogP contribution in [0.2, 0.25) is 0 Å². The number of aliphatic hydroxyl groups excluding tert-OH is 9. The van der Waals surface area contributed by atoms with Crippen molar-refractivity contribution >= 4 is 5.97 Å². The van der Waals surface area contributed by atoms with Crippen molar-refractivity contribution in [2.45, 2.75) is 180 Å². The van der Waals surface area contributed by atoms with Gasteiger partial charge >= 0.3 is 5.97 Å². The maximum Gasteiger partial charge on any atom is 0.310 e. The summed E-state index contributed by atoms with van der Waals surface area (Å²) in [7, 11) is 0. The first-order valence-electron chi connectivity index (χ1n) is 21.0. The topological polar surface area (TPSA) is 256 Å². The van der Waals surface area contributed by atoms with Gasteiger partial charge in [-0.2, -0.15) is 0 Å². The van der Waals surface area contributed by atoms with Crippen LogP contribution < -0.4 is 0 Å². The molecule has 0 radical (unpaired) electrons. The van der Waals surface area contributed by atoms with Gasteiger partial charge in [0.2, 0.25) is 0 Å². The molecule has 0 aromatic carbocycles. The fourth-order valence-electron chi connectivity index (χ4n) is 13.8. The Bertz CT molecular complexity index is 1550. The number of allylic oxidation sites excluding steroid dienone is 1. The lowest BCUT2D eigenvalue weighted by atomic mass is 9.33. The minimum absolute atomic E-state index is 0.0251. The largest absolute Gasteiger partial charge is 0.481 e. The molecule has 10 N–H and O–H groups in total. The highest BCUT2D eigenvalue weighted by Crippen LogP contribution is 2.76. The Morgan fingerprint density at radius 3 is 1.95 bits per heavy atom. The number of rotatable bonds is 7. The van der Waals surface area contributed by atoms with Crippen LogP contribution >= 0.6 is 0 Å². The normalized spacial score (nSPS) is 54.4. The molecule has 20 unspecified atom stereocenters. The van der Waals surface area contributed by atoms with Gasteiger partial charge in [0.1, 0.15) is 48.8 Å². The van der Waals surface area contributed by atoms with Crippen molar-refractivity contribution in [2.24, 2.45) is 50.2 Å². The number of hydrogen-bond donors (Lipinski definition) is 10. The van der Waals surface area contributed by atoms with E-state index >= 15 is 0 Å². The van der Waals surface area contributed by atoms with E-state index in [0.717, 1.165) is 18.4 Å². The molecule has 57 heavy (non-hydrogen) atoms. The third-order valence-electron chi connectivity index (χ3n) is 17.4. The fraction of sp³-hybridized carbons (Fsp3) is 0.929. The zero-order valence-corrected chi connectivity index (χ0v) is 34.4. The fourth-order valence-corrected chi connectivity index (χ4v) is 13.8. The highest BCUT2D eigenvalue weighted by molar-refractivity contribution is 5.77. The zero-order chi connectivity index (χ0) is 42.0. The van der Waals surface area contributed by atoms with Crippen molar-refractivity contribution < 1.29 is 74.8 Å². The Hall–Kier alpha value is -1.31. The summed E-state index contributed by atoms with van der Waals surface area (Å²) in [6.45, 7) is 13.6. The van der Waals surface area contributed by atoms with Gasteiger partial charge in [-0.1, -0.05) is 60.1 Å². The summed E-state index contributed by atoms with van der Waals surface area (Å²) in [5.74, 6) is -1.17. The van der Waals surface area contributed by atoms with Gasteiger partial charge < -0.3 is 70.0 Å². The summed E-state index contributed by atoms with van der Waals surface area (Å²) in [5, 5.41) is 108. The maximum atomic E-state index is 13.1. The number of aliphatic carboxylic acids is 1. The molecule has 0 amide bonds. The van der Waals surface area contributed by atoms with Crippen molar-refractivity contribution in [3.63, 3.8) is 0 Å². The molecule has 20 atom stereocenters. The van der Waals surface area contributed by atoms with Gasteiger partial charge in [-0.3, -0.25) is 4.79 Å². The van der Waals surface area contributed by atoms with Gasteiger partial charge in [-0.25, -0.2) is 0 Å². The lowest BCUT2D eigenvalue weighted by Crippen LogP contribution is -2.69. The molecule has 0 bridgehead atoms. The van der Waals surface area contributed by atoms with Crippen molar-refractivity contribution in [3.05, 3.63) is 11.6 Å². The van der Waals surface area contributed by atoms with Crippen LogP contribution in [0.5, 0.6) is 0 Å². The average molecular weight is 813 g/mol. The zero-order valence-electron chi connectivity index (χ0n) is 34.4. The highest BCUT2D eigenvalue weighted by Gasteiger charge is 2.71. The molecule has 2 saturated heterocycles. The molecular weight excluding hydrogens is 744 g/mol. The van der Waals surface area contributed by atoms with Gasteiger partial charge in [0.05, 0.1) is 36.9 Å². The molecule has 4 saturated carbocycles. The first kappa shape index (κ1) is 43.8. The molecule has 326 valence electrons. The second-order valence-electron chi connectivity index (χ2n) is 20.8. The first-order valence-corrected chi connectivity index (χ1v) is 21.0. The summed E-state index contributed by atoms with van der Waals surface area (Å²) in [6, 6.07) is 0. The predicted molar refractivity (Wildman–Crippen MR) is 201 cm³/mol. The Labute approximate surface area is 335 Å². The molecule has 7 aliphatic rings. The summed E-state index contributed by atoms with van der Waals surface area (Å²) in [5.41, 5.74) is -2.08. The van der Waals surface area contributed by atoms with Crippen LogP contribution in [0.1, 0.15) is 99.8 Å². The Balaban J connectivity index is 1.15. The summed E-state index contributed by atoms with van der Waals surface area (Å²) < 4.78 is 23.7. The van der Waals surface area contributed by atoms with Crippen LogP contribution in [0.3, 0.4) is 0 Å². The summed E-state index contributed by atoms with van der Waals surface area (Å²) in [4.78, 5) is 13.1. The highest BCUT2D eigenvalue weighted by atomic mass is 16.7. The van der Waals surface area contributed by atoms with E-state index in [1.54, 1.807) is 0 Å². The SMILES string of the molecule is CC1(C)CCC2(C(=O)O)CCC3(C)C(=CCC4C5(C)CC(O)C(OC6OC(CO)C(O)C(OC7OC(CO)C(O)C(O)C7O)C6O)C(C)(C)C5CCC43C)C2C1O. The van der Waals surface area contributed by atoms with E-state index in [0.29, 0.717) is 38.5 Å². The average Bonchev–Trinajstić information content (AvgIpc) is 3.14. The van der Waals surface area contributed by atoms with Gasteiger partial charge in [0, 0.05) is 5.92 Å². The number of carboxylic acids is 1. The van der Waals surface area contributed by atoms with E-state index in [1.807, 2.05) is 27.7 Å². The van der Waals surface area contributed by atoms with E-state index in [4.69, 9.17) is 18.9 Å². The standard InChI is InChI=1S/C42H68O15/c1-37(2)12-14-42(36(52)53)15-13-40(6)19(25(42)32(37)51)8-9-24-39(5)16-20(45)33(38(3,4)23(39)10-11-41(24,40)7)57-35-30(50)31(27(47)22(18-44)55-35)56-34-29(49)28(48)26(46)21(17-43)54-34/h8,20-35,43-51H,9-18H2,1-7H3,(H,52,53). The molecule has 15 heteroatoms. The number of aliphatic hydroxyl groups is 9. The molecule has 6 fully saturated rings. The second kappa shape index (κ2) is 14.7. The number of hydrogen-bond acceptors (Lipinski definition) is 14. The van der Waals surface area contributed by atoms with Gasteiger partial charge in [0.15, 0.2) is 12.6 Å². The van der Waals surface area contributed by atoms with E-state index in [2.05, 4.69) is 26.8 Å². The predicted octanol–water partition coefficient (Wildman–Crippen LogP) is 0.824. The van der Waals surface area contributed by atoms with E-state index in [9.17, 15) is 55.9 Å². The molecule has 5 aliphatic carbocycles. The number of ether oxygens (including phenoxy) is 4. The van der Waals surface area contributed by atoms with Crippen LogP contribution in [-0.4, -0.2) is 150 Å². The maximum absolute atomic E-state index is 13.1. The van der Waals surface area contributed by atoms with Gasteiger partial charge in [-0.15, -0.1) is 0 Å². The van der Waals surface area contributed by atoms with Crippen molar-refractivity contribution in [3.8, 4) is 0 Å². The lowest BCUT2D eigenvalue weighted by molar-refractivity contribution is -0.374. The summed E-state index contributed by atoms with van der Waals surface area (Å²) >= 11 is 0. The smallest absolute Gasteiger partial charge is 0.310 e. The number of carbonyl (C=O) groups is 1. The number of carboxylic acid groups (broad SMARTS) is 1. The van der Waals surface area contributed by atoms with E-state index in [-0.39, 0.29) is 22.7 Å². The summed E-state index contributed by atoms with van der Waals surface area (Å²) in [6.07, 6.45) is -11.4. The quantitative estimate of drug-likeness (QED) is 0.126. The lowest BCUT2D eigenvalue weighted by Gasteiger charge is -2.72. The van der Waals surface area contributed by atoms with Crippen molar-refractivity contribution in [2.75, 3.05) is 13.2 Å². The Morgan fingerprint density at radius 2 is 1.33 bits per heavy atom. The molecule has 0 aromatic heterocycles. The van der Waals surface area contributed by atoms with Crippen LogP contribution in [0, 0.1) is 50.2 Å². The molecule has 2 heterocycles. The molecule has 15 nitrogen and oxygen atoms in total. The minimum atomic E-state index is -1.81. The van der Waals surface area contributed by atoms with Crippen LogP contribution in [0.15, 0.2) is 11.6 Å². The van der Waals surface area contributed by atoms with Gasteiger partial charge in [0.25, 0.3) is 0 Å². The van der Waals surface area contributed by atoms with Crippen molar-refractivity contribution in [1.82, 2.24) is 0 Å². The van der Waals surface area contributed by atoms with E-state index in [1.165, 1.54) is 0 Å². The second-order valence-corrected chi connectivity index (χ2v) is 20.8. The third-order valence-corrected chi connectivity index (χ3v) is 17.4. The molecular formula is C42H68O15. The Morgan fingerprint density at radius 1 is 0.737 bits per heavy atom. The Kier molecular flexibility index (Phi) is 11.3. The van der Waals surface area contributed by atoms with Crippen LogP contribution in [0.25, 0.3) is 0 Å². The van der Waals surface area contributed by atoms with E-state index < -0.39 is 126 Å². The minimum Gasteiger partial charge on any atom is -0.481 e.